The van der Waals surface area contributed by atoms with E-state index in [-0.39, 0.29) is 31.1 Å². The van der Waals surface area contributed by atoms with Crippen LogP contribution in [0.1, 0.15) is 43.6 Å². The number of anilines is 1. The van der Waals surface area contributed by atoms with E-state index in [0.717, 1.165) is 5.69 Å². The second-order valence-electron chi connectivity index (χ2n) is 6.00. The summed E-state index contributed by atoms with van der Waals surface area (Å²) in [6, 6.07) is 5.53. The minimum Gasteiger partial charge on any atom is -0.461 e. The molecule has 0 aliphatic heterocycles. The predicted molar refractivity (Wildman–Crippen MR) is 92.3 cm³/mol. The van der Waals surface area contributed by atoms with Crippen LogP contribution in [-0.2, 0) is 21.0 Å². The summed E-state index contributed by atoms with van der Waals surface area (Å²) in [7, 11) is 0. The van der Waals surface area contributed by atoms with Gasteiger partial charge in [0.05, 0.1) is 18.1 Å². The second kappa shape index (κ2) is 9.89. The first kappa shape index (κ1) is 19.9. The molecule has 0 atom stereocenters. The summed E-state index contributed by atoms with van der Waals surface area (Å²) < 4.78 is 5.23. The van der Waals surface area contributed by atoms with E-state index in [1.807, 2.05) is 19.9 Å². The third-order valence-electron chi connectivity index (χ3n) is 3.04. The van der Waals surface area contributed by atoms with Crippen LogP contribution in [0.15, 0.2) is 18.2 Å². The zero-order valence-electron chi connectivity index (χ0n) is 14.7. The molecule has 1 aromatic rings. The summed E-state index contributed by atoms with van der Waals surface area (Å²) in [4.78, 5) is 28.9. The maximum Gasteiger partial charge on any atom is 0.308 e. The summed E-state index contributed by atoms with van der Waals surface area (Å²) >= 11 is 0. The first-order valence-corrected chi connectivity index (χ1v) is 8.03. The number of nitrogens with two attached hydrogens (primary N) is 1. The molecule has 1 aromatic carbocycles. The number of amides is 1. The Morgan fingerprint density at radius 2 is 1.92 bits per heavy atom. The molecule has 0 saturated heterocycles. The fourth-order valence-corrected chi connectivity index (χ4v) is 1.88. The lowest BCUT2D eigenvalue weighted by atomic mass is 10.1. The van der Waals surface area contributed by atoms with Crippen molar-refractivity contribution in [2.24, 2.45) is 11.7 Å². The van der Waals surface area contributed by atoms with Gasteiger partial charge in [0.15, 0.2) is 0 Å². The molecule has 7 nitrogen and oxygen atoms in total. The van der Waals surface area contributed by atoms with Gasteiger partial charge in [-0.05, 0) is 26.0 Å². The number of ether oxygens (including phenoxy) is 1. The Labute approximate surface area is 142 Å². The highest BCUT2D eigenvalue weighted by molar-refractivity contribution is 5.96. The molecule has 0 aliphatic carbocycles. The maximum absolute atomic E-state index is 12.3. The lowest BCUT2D eigenvalue weighted by Gasteiger charge is -2.15. The smallest absolute Gasteiger partial charge is 0.308 e. The van der Waals surface area contributed by atoms with Crippen molar-refractivity contribution in [1.29, 1.82) is 0 Å². The topological polar surface area (TPSA) is 103 Å². The van der Waals surface area contributed by atoms with Crippen LogP contribution in [0, 0.1) is 5.92 Å². The minimum atomic E-state index is -0.411. The largest absolute Gasteiger partial charge is 0.461 e. The third-order valence-corrected chi connectivity index (χ3v) is 3.04. The average molecular weight is 337 g/mol. The molecule has 0 spiro atoms. The molecular formula is C17H27N3O4. The van der Waals surface area contributed by atoms with Gasteiger partial charge in [0.25, 0.3) is 5.91 Å². The molecule has 0 saturated carbocycles. The number of carbonyl (C=O) groups excluding carboxylic acids is 2. The number of nitrogens with one attached hydrogen (secondary N) is 2. The Kier molecular flexibility index (Phi) is 8.21. The molecule has 0 radical (unpaired) electrons. The molecule has 0 aliphatic rings. The van der Waals surface area contributed by atoms with Gasteiger partial charge in [-0.1, -0.05) is 19.9 Å². The zero-order chi connectivity index (χ0) is 18.1. The van der Waals surface area contributed by atoms with E-state index >= 15 is 0 Å². The van der Waals surface area contributed by atoms with Gasteiger partial charge in [-0.2, -0.15) is 0 Å². The van der Waals surface area contributed by atoms with E-state index in [2.05, 4.69) is 10.8 Å². The van der Waals surface area contributed by atoms with Crippen LogP contribution in [0.25, 0.3) is 0 Å². The Balaban J connectivity index is 2.94. The Morgan fingerprint density at radius 1 is 1.21 bits per heavy atom. The average Bonchev–Trinajstić information content (AvgIpc) is 2.52. The SMILES string of the molecule is CC(C)Nc1ccc(COC(=O)C(C)C)c(C(=O)NOCCN)c1. The number of esters is 1. The number of hydrogen-bond donors (Lipinski definition) is 3. The van der Waals surface area contributed by atoms with Gasteiger partial charge in [-0.15, -0.1) is 0 Å². The van der Waals surface area contributed by atoms with Crippen LogP contribution in [0.2, 0.25) is 0 Å². The number of hydrogen-bond acceptors (Lipinski definition) is 6. The van der Waals surface area contributed by atoms with Crippen molar-refractivity contribution >= 4 is 17.6 Å². The first-order chi connectivity index (χ1) is 11.3. The molecule has 134 valence electrons. The van der Waals surface area contributed by atoms with Gasteiger partial charge in [-0.25, -0.2) is 5.48 Å². The van der Waals surface area contributed by atoms with Crippen molar-refractivity contribution in [3.8, 4) is 0 Å². The van der Waals surface area contributed by atoms with Crippen LogP contribution in [0.4, 0.5) is 5.69 Å². The highest BCUT2D eigenvalue weighted by Gasteiger charge is 2.16. The highest BCUT2D eigenvalue weighted by Crippen LogP contribution is 2.18. The molecule has 0 aromatic heterocycles. The summed E-state index contributed by atoms with van der Waals surface area (Å²) in [5.41, 5.74) is 9.46. The van der Waals surface area contributed by atoms with Crippen molar-refractivity contribution in [3.63, 3.8) is 0 Å². The van der Waals surface area contributed by atoms with Gasteiger partial charge in [0, 0.05) is 23.8 Å². The van der Waals surface area contributed by atoms with Gasteiger partial charge in [0.2, 0.25) is 0 Å². The van der Waals surface area contributed by atoms with Crippen molar-refractivity contribution in [1.82, 2.24) is 5.48 Å². The molecular weight excluding hydrogens is 310 g/mol. The fraction of sp³-hybridized carbons (Fsp3) is 0.529. The van der Waals surface area contributed by atoms with Crippen molar-refractivity contribution < 1.29 is 19.2 Å². The van der Waals surface area contributed by atoms with E-state index in [1.165, 1.54) is 0 Å². The summed E-state index contributed by atoms with van der Waals surface area (Å²) in [5.74, 6) is -0.950. The molecule has 0 heterocycles. The number of rotatable bonds is 9. The molecule has 7 heteroatoms. The summed E-state index contributed by atoms with van der Waals surface area (Å²) in [6.45, 7) is 8.06. The second-order valence-corrected chi connectivity index (χ2v) is 6.00. The van der Waals surface area contributed by atoms with E-state index in [1.54, 1.807) is 26.0 Å². The van der Waals surface area contributed by atoms with E-state index < -0.39 is 5.91 Å². The molecule has 1 amide bonds. The van der Waals surface area contributed by atoms with Crippen LogP contribution in [0.3, 0.4) is 0 Å². The third kappa shape index (κ3) is 6.55. The molecule has 4 N–H and O–H groups in total. The maximum atomic E-state index is 12.3. The molecule has 0 unspecified atom stereocenters. The monoisotopic (exact) mass is 337 g/mol. The lowest BCUT2D eigenvalue weighted by Crippen LogP contribution is -2.28. The molecule has 0 fully saturated rings. The van der Waals surface area contributed by atoms with E-state index in [4.69, 9.17) is 15.3 Å². The van der Waals surface area contributed by atoms with E-state index in [9.17, 15) is 9.59 Å². The highest BCUT2D eigenvalue weighted by atomic mass is 16.6. The minimum absolute atomic E-state index is 0.0264. The standard InChI is InChI=1S/C17H27N3O4/c1-11(2)17(22)23-10-13-5-6-14(19-12(3)4)9-15(13)16(21)20-24-8-7-18/h5-6,9,11-12,19H,7-8,10,18H2,1-4H3,(H,20,21). The summed E-state index contributed by atoms with van der Waals surface area (Å²) in [6.07, 6.45) is 0. The van der Waals surface area contributed by atoms with Gasteiger partial charge >= 0.3 is 5.97 Å². The molecule has 24 heavy (non-hydrogen) atoms. The van der Waals surface area contributed by atoms with Crippen molar-refractivity contribution in [2.45, 2.75) is 40.3 Å². The van der Waals surface area contributed by atoms with Gasteiger partial charge in [0.1, 0.15) is 6.61 Å². The molecule has 0 bridgehead atoms. The van der Waals surface area contributed by atoms with Crippen molar-refractivity contribution in [2.75, 3.05) is 18.5 Å². The number of carbonyl (C=O) groups is 2. The quantitative estimate of drug-likeness (QED) is 0.361. The zero-order valence-corrected chi connectivity index (χ0v) is 14.7. The Morgan fingerprint density at radius 3 is 2.50 bits per heavy atom. The van der Waals surface area contributed by atoms with Crippen LogP contribution >= 0.6 is 0 Å². The normalized spacial score (nSPS) is 10.8. The molecule has 1 rings (SSSR count). The number of benzene rings is 1. The van der Waals surface area contributed by atoms with Crippen LogP contribution in [0.5, 0.6) is 0 Å². The lowest BCUT2D eigenvalue weighted by molar-refractivity contribution is -0.148. The van der Waals surface area contributed by atoms with Crippen LogP contribution < -0.4 is 16.5 Å². The summed E-state index contributed by atoms with van der Waals surface area (Å²) in [5, 5.41) is 3.23. The fourth-order valence-electron chi connectivity index (χ4n) is 1.88. The van der Waals surface area contributed by atoms with Gasteiger partial charge in [-0.3, -0.25) is 14.4 Å². The van der Waals surface area contributed by atoms with Crippen molar-refractivity contribution in [3.05, 3.63) is 29.3 Å². The Bertz CT molecular complexity index is 559. The van der Waals surface area contributed by atoms with Crippen LogP contribution in [-0.4, -0.2) is 31.1 Å². The first-order valence-electron chi connectivity index (χ1n) is 8.03. The predicted octanol–water partition coefficient (Wildman–Crippen LogP) is 1.83. The number of hydroxylamine groups is 1. The Hall–Kier alpha value is -2.12. The van der Waals surface area contributed by atoms with E-state index in [0.29, 0.717) is 17.7 Å². The van der Waals surface area contributed by atoms with Gasteiger partial charge < -0.3 is 15.8 Å².